The summed E-state index contributed by atoms with van der Waals surface area (Å²) >= 11 is 0. The summed E-state index contributed by atoms with van der Waals surface area (Å²) in [5.41, 5.74) is 4.93. The van der Waals surface area contributed by atoms with E-state index in [1.54, 1.807) is 0 Å². The Balaban J connectivity index is 1.84. The van der Waals surface area contributed by atoms with Crippen LogP contribution < -0.4 is 4.90 Å². The summed E-state index contributed by atoms with van der Waals surface area (Å²) < 4.78 is 5.12. The van der Waals surface area contributed by atoms with Gasteiger partial charge >= 0.3 is 5.97 Å². The van der Waals surface area contributed by atoms with Gasteiger partial charge in [-0.25, -0.2) is 4.79 Å². The molecule has 3 aromatic carbocycles. The minimum atomic E-state index is -0.228. The summed E-state index contributed by atoms with van der Waals surface area (Å²) in [7, 11) is 0. The van der Waals surface area contributed by atoms with Gasteiger partial charge in [-0.3, -0.25) is 0 Å². The number of carbonyl (C=O) groups excluding carboxylic acids is 1. The number of anilines is 3. The van der Waals surface area contributed by atoms with Crippen LogP contribution in [0.25, 0.3) is 0 Å². The van der Waals surface area contributed by atoms with E-state index in [1.807, 2.05) is 48.5 Å². The van der Waals surface area contributed by atoms with Crippen molar-refractivity contribution in [1.29, 1.82) is 0 Å². The summed E-state index contributed by atoms with van der Waals surface area (Å²) in [6.45, 7) is 0.450. The van der Waals surface area contributed by atoms with Gasteiger partial charge in [0.05, 0.1) is 12.2 Å². The summed E-state index contributed by atoms with van der Waals surface area (Å²) in [6, 6.07) is 26.4. The van der Waals surface area contributed by atoms with E-state index in [1.165, 1.54) is 0 Å². The number of nitrogens with zero attached hydrogens (tertiary/aromatic N) is 1. The van der Waals surface area contributed by atoms with Crippen LogP contribution in [0.2, 0.25) is 0 Å². The summed E-state index contributed by atoms with van der Waals surface area (Å²) in [6.07, 6.45) is 0.756. The van der Waals surface area contributed by atoms with Gasteiger partial charge in [-0.15, -0.1) is 0 Å². The molecule has 0 unspecified atom stereocenters. The Hall–Kier alpha value is -3.07. The van der Waals surface area contributed by atoms with Crippen molar-refractivity contribution in [3.63, 3.8) is 0 Å². The Kier molecular flexibility index (Phi) is 3.75. The maximum Gasteiger partial charge on any atom is 0.338 e. The van der Waals surface area contributed by atoms with Crippen LogP contribution in [0.1, 0.15) is 15.9 Å². The van der Waals surface area contributed by atoms with Gasteiger partial charge in [-0.05, 0) is 48.0 Å². The smallest absolute Gasteiger partial charge is 0.338 e. The molecular weight excluding hydrogens is 298 g/mol. The zero-order valence-electron chi connectivity index (χ0n) is 13.2. The van der Waals surface area contributed by atoms with E-state index in [-0.39, 0.29) is 5.97 Å². The number of hydrogen-bond donors (Lipinski definition) is 0. The van der Waals surface area contributed by atoms with Crippen LogP contribution in [0, 0.1) is 0 Å². The van der Waals surface area contributed by atoms with Crippen LogP contribution in [0.4, 0.5) is 17.1 Å². The number of esters is 1. The molecule has 118 valence electrons. The van der Waals surface area contributed by atoms with E-state index >= 15 is 0 Å². The van der Waals surface area contributed by atoms with Crippen molar-refractivity contribution < 1.29 is 9.53 Å². The standard InChI is InChI=1S/C21H17NO2/c23-21-20-12-11-19(15-16(20)13-14-24-21)22(17-7-3-1-4-8-17)18-9-5-2-6-10-18/h1-12,15H,13-14H2. The SMILES string of the molecule is O=C1OCCc2cc(N(c3ccccc3)c3ccccc3)ccc21. The van der Waals surface area contributed by atoms with Gasteiger partial charge in [0.15, 0.2) is 0 Å². The number of para-hydroxylation sites is 2. The fourth-order valence-electron chi connectivity index (χ4n) is 3.06. The second kappa shape index (κ2) is 6.20. The lowest BCUT2D eigenvalue weighted by molar-refractivity contribution is 0.0480. The zero-order valence-corrected chi connectivity index (χ0v) is 13.2. The Morgan fingerprint density at radius 2 is 1.38 bits per heavy atom. The zero-order chi connectivity index (χ0) is 16.4. The van der Waals surface area contributed by atoms with E-state index in [4.69, 9.17) is 4.74 Å². The van der Waals surface area contributed by atoms with Crippen molar-refractivity contribution in [3.05, 3.63) is 90.0 Å². The summed E-state index contributed by atoms with van der Waals surface area (Å²) in [5, 5.41) is 0. The molecule has 0 bridgehead atoms. The third kappa shape index (κ3) is 2.65. The van der Waals surface area contributed by atoms with Crippen LogP contribution >= 0.6 is 0 Å². The predicted molar refractivity (Wildman–Crippen MR) is 95.1 cm³/mol. The molecule has 1 heterocycles. The minimum absolute atomic E-state index is 0.228. The van der Waals surface area contributed by atoms with Gasteiger partial charge in [0.1, 0.15) is 0 Å². The maximum absolute atomic E-state index is 11.9. The van der Waals surface area contributed by atoms with Crippen LogP contribution in [0.3, 0.4) is 0 Å². The molecule has 0 saturated heterocycles. The van der Waals surface area contributed by atoms with Crippen molar-refractivity contribution in [2.45, 2.75) is 6.42 Å². The molecule has 1 aliphatic rings. The lowest BCUT2D eigenvalue weighted by Gasteiger charge is -2.27. The summed E-state index contributed by atoms with van der Waals surface area (Å²) in [5.74, 6) is -0.228. The monoisotopic (exact) mass is 315 g/mol. The lowest BCUT2D eigenvalue weighted by Crippen LogP contribution is -2.18. The fraction of sp³-hybridized carbons (Fsp3) is 0.0952. The molecule has 3 aromatic rings. The molecule has 0 N–H and O–H groups in total. The molecule has 1 aliphatic heterocycles. The van der Waals surface area contributed by atoms with E-state index in [0.29, 0.717) is 12.2 Å². The number of carbonyl (C=O) groups is 1. The number of rotatable bonds is 3. The first-order valence-corrected chi connectivity index (χ1v) is 8.03. The molecule has 0 aromatic heterocycles. The molecule has 3 nitrogen and oxygen atoms in total. The van der Waals surface area contributed by atoms with Gasteiger partial charge in [0.2, 0.25) is 0 Å². The second-order valence-electron chi connectivity index (χ2n) is 5.73. The molecule has 3 heteroatoms. The number of fused-ring (bicyclic) bond motifs is 1. The van der Waals surface area contributed by atoms with E-state index in [2.05, 4.69) is 35.2 Å². The molecule has 0 aliphatic carbocycles. The molecule has 4 rings (SSSR count). The van der Waals surface area contributed by atoms with Crippen LogP contribution in [0.15, 0.2) is 78.9 Å². The minimum Gasteiger partial charge on any atom is -0.462 e. The van der Waals surface area contributed by atoms with Gasteiger partial charge < -0.3 is 9.64 Å². The average Bonchev–Trinajstić information content (AvgIpc) is 2.64. The highest BCUT2D eigenvalue weighted by Crippen LogP contribution is 2.35. The number of ether oxygens (including phenoxy) is 1. The molecule has 0 amide bonds. The van der Waals surface area contributed by atoms with Crippen molar-refractivity contribution in [2.75, 3.05) is 11.5 Å². The highest BCUT2D eigenvalue weighted by Gasteiger charge is 2.20. The van der Waals surface area contributed by atoms with Gasteiger partial charge in [-0.2, -0.15) is 0 Å². The third-order valence-corrected chi connectivity index (χ3v) is 4.20. The Labute approximate surface area is 141 Å². The Morgan fingerprint density at radius 3 is 2.00 bits per heavy atom. The molecule has 0 spiro atoms. The molecule has 0 saturated carbocycles. The third-order valence-electron chi connectivity index (χ3n) is 4.20. The molecule has 0 radical (unpaired) electrons. The maximum atomic E-state index is 11.9. The topological polar surface area (TPSA) is 29.5 Å². The van der Waals surface area contributed by atoms with Gasteiger partial charge in [0.25, 0.3) is 0 Å². The van der Waals surface area contributed by atoms with E-state index in [0.717, 1.165) is 29.0 Å². The average molecular weight is 315 g/mol. The largest absolute Gasteiger partial charge is 0.462 e. The Bertz CT molecular complexity index is 820. The van der Waals surface area contributed by atoms with E-state index < -0.39 is 0 Å². The first kappa shape index (κ1) is 14.5. The quantitative estimate of drug-likeness (QED) is 0.646. The van der Waals surface area contributed by atoms with Crippen molar-refractivity contribution in [2.24, 2.45) is 0 Å². The molecule has 0 fully saturated rings. The molecule has 24 heavy (non-hydrogen) atoms. The first-order valence-electron chi connectivity index (χ1n) is 8.03. The van der Waals surface area contributed by atoms with E-state index in [9.17, 15) is 4.79 Å². The van der Waals surface area contributed by atoms with Crippen molar-refractivity contribution >= 4 is 23.0 Å². The van der Waals surface area contributed by atoms with Crippen LogP contribution in [-0.4, -0.2) is 12.6 Å². The predicted octanol–water partition coefficient (Wildman–Crippen LogP) is 4.87. The molecular formula is C21H17NO2. The van der Waals surface area contributed by atoms with Crippen LogP contribution in [-0.2, 0) is 11.2 Å². The van der Waals surface area contributed by atoms with Crippen molar-refractivity contribution in [1.82, 2.24) is 0 Å². The number of cyclic esters (lactones) is 1. The van der Waals surface area contributed by atoms with Gasteiger partial charge in [0, 0.05) is 23.5 Å². The van der Waals surface area contributed by atoms with Crippen molar-refractivity contribution in [3.8, 4) is 0 Å². The normalized spacial score (nSPS) is 13.1. The number of hydrogen-bond acceptors (Lipinski definition) is 3. The summed E-state index contributed by atoms with van der Waals surface area (Å²) in [4.78, 5) is 14.1. The highest BCUT2D eigenvalue weighted by molar-refractivity contribution is 5.93. The Morgan fingerprint density at radius 1 is 0.750 bits per heavy atom. The molecule has 0 atom stereocenters. The second-order valence-corrected chi connectivity index (χ2v) is 5.73. The van der Waals surface area contributed by atoms with Crippen LogP contribution in [0.5, 0.6) is 0 Å². The first-order chi connectivity index (χ1) is 11.8. The highest BCUT2D eigenvalue weighted by atomic mass is 16.5. The van der Waals surface area contributed by atoms with Gasteiger partial charge in [-0.1, -0.05) is 36.4 Å². The number of benzene rings is 3. The lowest BCUT2D eigenvalue weighted by atomic mass is 10.0. The fourth-order valence-corrected chi connectivity index (χ4v) is 3.06.